The van der Waals surface area contributed by atoms with Crippen molar-refractivity contribution in [3.63, 3.8) is 0 Å². The molecule has 3 atom stereocenters. The van der Waals surface area contributed by atoms with Crippen molar-refractivity contribution in [1.29, 1.82) is 0 Å². The first kappa shape index (κ1) is 13.3. The summed E-state index contributed by atoms with van der Waals surface area (Å²) in [6, 6.07) is 0. The fourth-order valence-corrected chi connectivity index (χ4v) is 4.63. The van der Waals surface area contributed by atoms with Gasteiger partial charge in [0.25, 0.3) is 0 Å². The van der Waals surface area contributed by atoms with Crippen LogP contribution in [0.2, 0.25) is 0 Å². The molecule has 0 aromatic carbocycles. The van der Waals surface area contributed by atoms with Gasteiger partial charge in [-0.25, -0.2) is 0 Å². The van der Waals surface area contributed by atoms with Crippen molar-refractivity contribution in [2.24, 2.45) is 29.4 Å². The first-order valence-electron chi connectivity index (χ1n) is 7.70. The molecule has 4 heteroatoms. The van der Waals surface area contributed by atoms with E-state index in [-0.39, 0.29) is 0 Å². The smallest absolute Gasteiger partial charge is 0.222 e. The van der Waals surface area contributed by atoms with E-state index >= 15 is 0 Å². The van der Waals surface area contributed by atoms with Gasteiger partial charge in [-0.2, -0.15) is 0 Å². The maximum atomic E-state index is 12.4. The lowest BCUT2D eigenvalue weighted by Crippen LogP contribution is -2.42. The van der Waals surface area contributed by atoms with Crippen molar-refractivity contribution in [1.82, 2.24) is 4.90 Å². The van der Waals surface area contributed by atoms with Gasteiger partial charge in [-0.1, -0.05) is 18.6 Å². The summed E-state index contributed by atoms with van der Waals surface area (Å²) in [5.41, 5.74) is 5.69. The van der Waals surface area contributed by atoms with Crippen LogP contribution in [0.25, 0.3) is 0 Å². The van der Waals surface area contributed by atoms with Crippen LogP contribution in [0.15, 0.2) is 0 Å². The number of amides is 1. The number of fused-ring (bicyclic) bond motifs is 2. The van der Waals surface area contributed by atoms with Gasteiger partial charge in [0.15, 0.2) is 0 Å². The van der Waals surface area contributed by atoms with Crippen LogP contribution in [0.5, 0.6) is 0 Å². The molecule has 0 radical (unpaired) electrons. The van der Waals surface area contributed by atoms with Gasteiger partial charge in [0.05, 0.1) is 4.99 Å². The summed E-state index contributed by atoms with van der Waals surface area (Å²) in [5, 5.41) is 0. The van der Waals surface area contributed by atoms with E-state index < -0.39 is 0 Å². The molecule has 2 bridgehead atoms. The number of piperidine rings is 1. The van der Waals surface area contributed by atoms with Crippen LogP contribution >= 0.6 is 12.2 Å². The van der Waals surface area contributed by atoms with E-state index in [1.165, 1.54) is 25.7 Å². The van der Waals surface area contributed by atoms with Crippen molar-refractivity contribution < 1.29 is 4.79 Å². The summed E-state index contributed by atoms with van der Waals surface area (Å²) in [7, 11) is 0. The molecule has 19 heavy (non-hydrogen) atoms. The molecule has 0 aromatic rings. The maximum absolute atomic E-state index is 12.4. The van der Waals surface area contributed by atoms with Crippen molar-refractivity contribution in [3.8, 4) is 0 Å². The second-order valence-electron chi connectivity index (χ2n) is 6.70. The number of nitrogens with zero attached hydrogens (tertiary/aromatic N) is 1. The van der Waals surface area contributed by atoms with Crippen molar-refractivity contribution >= 4 is 23.1 Å². The maximum Gasteiger partial charge on any atom is 0.222 e. The molecule has 3 unspecified atom stereocenters. The molecule has 1 aliphatic heterocycles. The van der Waals surface area contributed by atoms with Gasteiger partial charge in [-0.3, -0.25) is 4.79 Å². The van der Waals surface area contributed by atoms with E-state index in [0.717, 1.165) is 44.2 Å². The Balaban J connectivity index is 1.48. The molecule has 0 aromatic heterocycles. The third-order valence-corrected chi connectivity index (χ3v) is 5.90. The molecule has 3 aliphatic rings. The largest absolute Gasteiger partial charge is 0.393 e. The normalized spacial score (nSPS) is 34.7. The zero-order valence-electron chi connectivity index (χ0n) is 11.5. The summed E-state index contributed by atoms with van der Waals surface area (Å²) in [5.74, 6) is 3.19. The molecule has 3 nitrogen and oxygen atoms in total. The number of likely N-dealkylation sites (tertiary alicyclic amines) is 1. The Labute approximate surface area is 120 Å². The van der Waals surface area contributed by atoms with Gasteiger partial charge in [0, 0.05) is 25.4 Å². The predicted molar refractivity (Wildman–Crippen MR) is 79.6 cm³/mol. The van der Waals surface area contributed by atoms with Crippen LogP contribution in [0, 0.1) is 23.7 Å². The van der Waals surface area contributed by atoms with E-state index in [2.05, 4.69) is 0 Å². The highest BCUT2D eigenvalue weighted by Gasteiger charge is 2.40. The number of hydrogen-bond acceptors (Lipinski definition) is 2. The van der Waals surface area contributed by atoms with Crippen molar-refractivity contribution in [3.05, 3.63) is 0 Å². The van der Waals surface area contributed by atoms with Gasteiger partial charge in [-0.05, 0) is 49.9 Å². The van der Waals surface area contributed by atoms with Crippen LogP contribution in [0.4, 0.5) is 0 Å². The molecule has 2 saturated carbocycles. The SMILES string of the molecule is NC(=S)C1CCN(C(=O)CC2CC3CCC2C3)CC1. The standard InChI is InChI=1S/C15H24N2OS/c16-15(19)11-3-5-17(6-4-11)14(18)9-13-8-10-1-2-12(13)7-10/h10-13H,1-9H2,(H2,16,19). The average Bonchev–Trinajstić information content (AvgIpc) is 3.01. The lowest BCUT2D eigenvalue weighted by molar-refractivity contribution is -0.133. The zero-order chi connectivity index (χ0) is 13.4. The third-order valence-electron chi connectivity index (χ3n) is 5.57. The van der Waals surface area contributed by atoms with Gasteiger partial charge in [0.2, 0.25) is 5.91 Å². The highest BCUT2D eigenvalue weighted by atomic mass is 32.1. The number of rotatable bonds is 3. The molecule has 2 N–H and O–H groups in total. The van der Waals surface area contributed by atoms with Crippen molar-refractivity contribution in [2.75, 3.05) is 13.1 Å². The highest BCUT2D eigenvalue weighted by molar-refractivity contribution is 7.80. The average molecular weight is 280 g/mol. The molecule has 1 saturated heterocycles. The lowest BCUT2D eigenvalue weighted by Gasteiger charge is -2.33. The fourth-order valence-electron chi connectivity index (χ4n) is 4.39. The molecular weight excluding hydrogens is 256 g/mol. The molecule has 106 valence electrons. The van der Waals surface area contributed by atoms with Gasteiger partial charge >= 0.3 is 0 Å². The number of carbonyl (C=O) groups is 1. The van der Waals surface area contributed by atoms with Crippen LogP contribution in [0.1, 0.15) is 44.9 Å². The van der Waals surface area contributed by atoms with E-state index in [1.807, 2.05) is 4.90 Å². The second-order valence-corrected chi connectivity index (χ2v) is 7.17. The Morgan fingerprint density at radius 1 is 1.16 bits per heavy atom. The topological polar surface area (TPSA) is 46.3 Å². The summed E-state index contributed by atoms with van der Waals surface area (Å²) >= 11 is 5.05. The van der Waals surface area contributed by atoms with Crippen LogP contribution in [0.3, 0.4) is 0 Å². The van der Waals surface area contributed by atoms with Crippen molar-refractivity contribution in [2.45, 2.75) is 44.9 Å². The quantitative estimate of drug-likeness (QED) is 0.807. The molecule has 3 fully saturated rings. The van der Waals surface area contributed by atoms with E-state index in [4.69, 9.17) is 18.0 Å². The monoisotopic (exact) mass is 280 g/mol. The summed E-state index contributed by atoms with van der Waals surface area (Å²) in [4.78, 5) is 15.0. The molecular formula is C15H24N2OS. The molecule has 1 amide bonds. The second kappa shape index (κ2) is 5.39. The summed E-state index contributed by atoms with van der Waals surface area (Å²) in [6.45, 7) is 1.70. The fraction of sp³-hybridized carbons (Fsp3) is 0.867. The zero-order valence-corrected chi connectivity index (χ0v) is 12.3. The van der Waals surface area contributed by atoms with Crippen LogP contribution in [-0.4, -0.2) is 28.9 Å². The number of hydrogen-bond donors (Lipinski definition) is 1. The predicted octanol–water partition coefficient (Wildman–Crippen LogP) is 2.34. The Kier molecular flexibility index (Phi) is 3.79. The number of nitrogens with two attached hydrogens (primary N) is 1. The van der Waals surface area contributed by atoms with E-state index in [0.29, 0.717) is 22.7 Å². The Bertz CT molecular complexity index is 376. The molecule has 2 aliphatic carbocycles. The Hall–Kier alpha value is -0.640. The Morgan fingerprint density at radius 3 is 2.42 bits per heavy atom. The Morgan fingerprint density at radius 2 is 1.89 bits per heavy atom. The van der Waals surface area contributed by atoms with Crippen LogP contribution in [-0.2, 0) is 4.79 Å². The number of thiocarbonyl (C=S) groups is 1. The number of carbonyl (C=O) groups excluding carboxylic acids is 1. The minimum atomic E-state index is 0.349. The lowest BCUT2D eigenvalue weighted by atomic mass is 9.86. The summed E-state index contributed by atoms with van der Waals surface area (Å²) in [6.07, 6.45) is 8.18. The molecule has 1 heterocycles. The highest BCUT2D eigenvalue weighted by Crippen LogP contribution is 2.49. The third kappa shape index (κ3) is 2.78. The van der Waals surface area contributed by atoms with Gasteiger partial charge < -0.3 is 10.6 Å². The molecule has 3 rings (SSSR count). The van der Waals surface area contributed by atoms with E-state index in [9.17, 15) is 4.79 Å². The molecule has 0 spiro atoms. The van der Waals surface area contributed by atoms with E-state index in [1.54, 1.807) is 0 Å². The van der Waals surface area contributed by atoms with Gasteiger partial charge in [-0.15, -0.1) is 0 Å². The summed E-state index contributed by atoms with van der Waals surface area (Å²) < 4.78 is 0. The van der Waals surface area contributed by atoms with Gasteiger partial charge in [0.1, 0.15) is 0 Å². The minimum Gasteiger partial charge on any atom is -0.393 e. The first-order valence-corrected chi connectivity index (χ1v) is 8.11. The van der Waals surface area contributed by atoms with Crippen LogP contribution < -0.4 is 5.73 Å². The first-order chi connectivity index (χ1) is 9.13. The minimum absolute atomic E-state index is 0.349.